The zero-order chi connectivity index (χ0) is 12.7. The van der Waals surface area contributed by atoms with Gasteiger partial charge in [-0.3, -0.25) is 4.79 Å². The van der Waals surface area contributed by atoms with Crippen LogP contribution in [0, 0.1) is 11.8 Å². The molecule has 1 heterocycles. The number of aliphatic hydroxyl groups excluding tert-OH is 1. The van der Waals surface area contributed by atoms with Crippen molar-refractivity contribution in [3.05, 3.63) is 11.1 Å². The fraction of sp³-hybridized carbons (Fsp3) is 0.455. The molecule has 17 heavy (non-hydrogen) atoms. The van der Waals surface area contributed by atoms with Crippen LogP contribution in [0.2, 0.25) is 0 Å². The van der Waals surface area contributed by atoms with Crippen LogP contribution in [0.1, 0.15) is 11.3 Å². The molecule has 1 aromatic rings. The first-order valence-electron chi connectivity index (χ1n) is 5.12. The second kappa shape index (κ2) is 7.01. The number of aliphatic hydroxyl groups is 1. The van der Waals surface area contributed by atoms with Crippen molar-refractivity contribution in [1.82, 2.24) is 9.88 Å². The number of nitrogens with zero attached hydrogens (tertiary/aromatic N) is 2. The maximum Gasteiger partial charge on any atom is 0.240 e. The van der Waals surface area contributed by atoms with E-state index in [9.17, 15) is 4.79 Å². The maximum atomic E-state index is 11.4. The molecule has 1 amide bonds. The number of carbonyl (C=O) groups excluding carboxylic acids is 1. The number of thiazole rings is 1. The molecule has 1 rings (SSSR count). The van der Waals surface area contributed by atoms with Crippen LogP contribution in [0.3, 0.4) is 0 Å². The Kier molecular flexibility index (Phi) is 5.63. The fourth-order valence-electron chi connectivity index (χ4n) is 1.04. The van der Waals surface area contributed by atoms with Crippen LogP contribution in [-0.2, 0) is 4.79 Å². The maximum absolute atomic E-state index is 11.4. The van der Waals surface area contributed by atoms with Gasteiger partial charge in [-0.25, -0.2) is 4.98 Å². The van der Waals surface area contributed by atoms with Gasteiger partial charge in [-0.15, -0.1) is 0 Å². The molecule has 0 unspecified atom stereocenters. The van der Waals surface area contributed by atoms with Crippen molar-refractivity contribution in [2.24, 2.45) is 0 Å². The summed E-state index contributed by atoms with van der Waals surface area (Å²) in [6, 6.07) is 0. The van der Waals surface area contributed by atoms with Crippen LogP contribution < -0.4 is 5.32 Å². The van der Waals surface area contributed by atoms with Gasteiger partial charge in [0, 0.05) is 6.42 Å². The van der Waals surface area contributed by atoms with E-state index in [1.54, 1.807) is 11.1 Å². The van der Waals surface area contributed by atoms with Crippen molar-refractivity contribution in [2.75, 3.05) is 32.6 Å². The van der Waals surface area contributed by atoms with E-state index in [4.69, 9.17) is 5.11 Å². The fourth-order valence-corrected chi connectivity index (χ4v) is 1.75. The van der Waals surface area contributed by atoms with Gasteiger partial charge in [0.05, 0.1) is 24.2 Å². The number of carbonyl (C=O) groups is 1. The van der Waals surface area contributed by atoms with Crippen molar-refractivity contribution < 1.29 is 9.90 Å². The normalized spacial score (nSPS) is 9.88. The van der Waals surface area contributed by atoms with Gasteiger partial charge in [-0.1, -0.05) is 23.2 Å². The second-order valence-corrected chi connectivity index (χ2v) is 4.62. The summed E-state index contributed by atoms with van der Waals surface area (Å²) in [6.45, 7) is 0.378. The van der Waals surface area contributed by atoms with Gasteiger partial charge in [0.15, 0.2) is 5.13 Å². The number of nitrogens with one attached hydrogen (secondary N) is 1. The van der Waals surface area contributed by atoms with Crippen molar-refractivity contribution in [1.29, 1.82) is 0 Å². The van der Waals surface area contributed by atoms with Gasteiger partial charge >= 0.3 is 0 Å². The summed E-state index contributed by atoms with van der Waals surface area (Å²) in [5.41, 5.74) is 0. The highest BCUT2D eigenvalue weighted by molar-refractivity contribution is 7.16. The first-order valence-corrected chi connectivity index (χ1v) is 5.93. The molecule has 0 spiro atoms. The van der Waals surface area contributed by atoms with Crippen molar-refractivity contribution >= 4 is 22.4 Å². The van der Waals surface area contributed by atoms with Crippen molar-refractivity contribution in [2.45, 2.75) is 6.42 Å². The summed E-state index contributed by atoms with van der Waals surface area (Å²) >= 11 is 1.32. The first kappa shape index (κ1) is 13.6. The monoisotopic (exact) mass is 253 g/mol. The Bertz CT molecular complexity index is 431. The third-order valence-electron chi connectivity index (χ3n) is 1.66. The zero-order valence-electron chi connectivity index (χ0n) is 9.86. The van der Waals surface area contributed by atoms with Gasteiger partial charge in [0.1, 0.15) is 0 Å². The van der Waals surface area contributed by atoms with E-state index in [0.29, 0.717) is 18.1 Å². The molecule has 6 heteroatoms. The highest BCUT2D eigenvalue weighted by Gasteiger charge is 2.06. The Morgan fingerprint density at radius 1 is 1.65 bits per heavy atom. The van der Waals surface area contributed by atoms with E-state index in [1.165, 1.54) is 11.3 Å². The molecular weight excluding hydrogens is 238 g/mol. The van der Waals surface area contributed by atoms with E-state index >= 15 is 0 Å². The number of rotatable bonds is 4. The van der Waals surface area contributed by atoms with E-state index in [1.807, 2.05) is 14.1 Å². The summed E-state index contributed by atoms with van der Waals surface area (Å²) in [7, 11) is 3.65. The molecule has 0 aliphatic heterocycles. The van der Waals surface area contributed by atoms with Gasteiger partial charge < -0.3 is 15.3 Å². The first-order chi connectivity index (χ1) is 8.11. The molecular formula is C11H15N3O2S. The van der Waals surface area contributed by atoms with Crippen LogP contribution in [0.25, 0.3) is 0 Å². The predicted octanol–water partition coefficient (Wildman–Crippen LogP) is 0.377. The molecule has 0 aliphatic rings. The van der Waals surface area contributed by atoms with E-state index < -0.39 is 0 Å². The highest BCUT2D eigenvalue weighted by Crippen LogP contribution is 2.16. The van der Waals surface area contributed by atoms with Crippen LogP contribution in [0.5, 0.6) is 0 Å². The molecule has 0 fully saturated rings. The van der Waals surface area contributed by atoms with E-state index in [0.717, 1.165) is 4.88 Å². The molecule has 5 nitrogen and oxygen atoms in total. The lowest BCUT2D eigenvalue weighted by molar-refractivity contribution is -0.116. The number of hydrogen-bond donors (Lipinski definition) is 2. The Morgan fingerprint density at radius 2 is 2.41 bits per heavy atom. The molecule has 0 bridgehead atoms. The van der Waals surface area contributed by atoms with E-state index in [-0.39, 0.29) is 12.5 Å². The molecule has 0 saturated carbocycles. The SMILES string of the molecule is CN(C)CC(=O)Nc1ncc(C#CCCO)s1. The lowest BCUT2D eigenvalue weighted by atomic mass is 10.4. The minimum atomic E-state index is -0.0979. The molecule has 0 saturated heterocycles. The topological polar surface area (TPSA) is 65.5 Å². The van der Waals surface area contributed by atoms with Gasteiger partial charge in [-0.05, 0) is 14.1 Å². The summed E-state index contributed by atoms with van der Waals surface area (Å²) in [5, 5.41) is 11.8. The van der Waals surface area contributed by atoms with Crippen LogP contribution >= 0.6 is 11.3 Å². The summed E-state index contributed by atoms with van der Waals surface area (Å²) in [6.07, 6.45) is 2.06. The highest BCUT2D eigenvalue weighted by atomic mass is 32.1. The van der Waals surface area contributed by atoms with E-state index in [2.05, 4.69) is 22.1 Å². The summed E-state index contributed by atoms with van der Waals surface area (Å²) in [4.78, 5) is 18.0. The quantitative estimate of drug-likeness (QED) is 0.761. The minimum Gasteiger partial charge on any atom is -0.395 e. The predicted molar refractivity (Wildman–Crippen MR) is 67.9 cm³/mol. The van der Waals surface area contributed by atoms with Crippen LogP contribution in [0.4, 0.5) is 5.13 Å². The standard InChI is InChI=1S/C11H15N3O2S/c1-14(2)8-10(16)13-11-12-7-9(17-11)5-3-4-6-15/h7,15H,4,6,8H2,1-2H3,(H,12,13,16). The molecule has 1 aromatic heterocycles. The van der Waals surface area contributed by atoms with Crippen LogP contribution in [0.15, 0.2) is 6.20 Å². The molecule has 0 atom stereocenters. The van der Waals surface area contributed by atoms with Gasteiger partial charge in [0.25, 0.3) is 0 Å². The number of aromatic nitrogens is 1. The van der Waals surface area contributed by atoms with Crippen LogP contribution in [-0.4, -0.2) is 48.1 Å². The Balaban J connectivity index is 2.52. The summed E-state index contributed by atoms with van der Waals surface area (Å²) < 4.78 is 0. The second-order valence-electron chi connectivity index (χ2n) is 3.59. The molecule has 0 radical (unpaired) electrons. The smallest absolute Gasteiger partial charge is 0.240 e. The molecule has 0 aromatic carbocycles. The third-order valence-corrected chi connectivity index (χ3v) is 2.49. The minimum absolute atomic E-state index is 0.0538. The average Bonchev–Trinajstić information content (AvgIpc) is 2.64. The number of amides is 1. The van der Waals surface area contributed by atoms with Gasteiger partial charge in [-0.2, -0.15) is 0 Å². The zero-order valence-corrected chi connectivity index (χ0v) is 10.7. The third kappa shape index (κ3) is 5.45. The lowest BCUT2D eigenvalue weighted by Crippen LogP contribution is -2.26. The Hall–Kier alpha value is -1.42. The molecule has 2 N–H and O–H groups in total. The molecule has 0 aliphatic carbocycles. The molecule has 92 valence electrons. The Labute approximate surface area is 104 Å². The van der Waals surface area contributed by atoms with Gasteiger partial charge in [0.2, 0.25) is 5.91 Å². The number of anilines is 1. The van der Waals surface area contributed by atoms with Crippen molar-refractivity contribution in [3.8, 4) is 11.8 Å². The Morgan fingerprint density at radius 3 is 3.06 bits per heavy atom. The largest absolute Gasteiger partial charge is 0.395 e. The van der Waals surface area contributed by atoms with Crippen molar-refractivity contribution in [3.63, 3.8) is 0 Å². The summed E-state index contributed by atoms with van der Waals surface area (Å²) in [5.74, 6) is 5.57. The number of likely N-dealkylation sites (N-methyl/N-ethyl adjacent to an activating group) is 1. The average molecular weight is 253 g/mol. The lowest BCUT2D eigenvalue weighted by Gasteiger charge is -2.07. The number of hydrogen-bond acceptors (Lipinski definition) is 5.